The molecule has 0 atom stereocenters. The first-order chi connectivity index (χ1) is 12.4. The lowest BCUT2D eigenvalue weighted by atomic mass is 10.1. The van der Waals surface area contributed by atoms with E-state index in [1.807, 2.05) is 0 Å². The van der Waals surface area contributed by atoms with Gasteiger partial charge in [0.2, 0.25) is 0 Å². The molecule has 2 aromatic rings. The summed E-state index contributed by atoms with van der Waals surface area (Å²) in [5.74, 6) is 0. The van der Waals surface area contributed by atoms with Crippen LogP contribution in [0.2, 0.25) is 0 Å². The zero-order valence-corrected chi connectivity index (χ0v) is 17.2. The molecule has 0 amide bonds. The normalized spacial score (nSPS) is 11.9. The Labute approximate surface area is 159 Å². The van der Waals surface area contributed by atoms with E-state index in [0.29, 0.717) is 0 Å². The summed E-state index contributed by atoms with van der Waals surface area (Å²) in [5, 5.41) is 0. The van der Waals surface area contributed by atoms with Gasteiger partial charge >= 0.3 is 0 Å². The van der Waals surface area contributed by atoms with E-state index in [1.54, 1.807) is 0 Å². The van der Waals surface area contributed by atoms with E-state index in [1.165, 1.54) is 29.8 Å². The Morgan fingerprint density at radius 1 is 0.846 bits per heavy atom. The molecule has 0 aliphatic rings. The Morgan fingerprint density at radius 2 is 1.38 bits per heavy atom. The fourth-order valence-electron chi connectivity index (χ4n) is 3.03. The molecule has 0 bridgehead atoms. The van der Waals surface area contributed by atoms with Crippen molar-refractivity contribution in [2.45, 2.75) is 26.8 Å². The fourth-order valence-corrected chi connectivity index (χ4v) is 3.03. The van der Waals surface area contributed by atoms with E-state index in [4.69, 9.17) is 0 Å². The van der Waals surface area contributed by atoms with Crippen LogP contribution >= 0.6 is 0 Å². The molecule has 26 heavy (non-hydrogen) atoms. The number of anilines is 1. The zero-order chi connectivity index (χ0) is 19.0. The van der Waals surface area contributed by atoms with E-state index >= 15 is 0 Å². The average molecular weight is 354 g/mol. The third-order valence-corrected chi connectivity index (χ3v) is 4.65. The SMILES string of the molecule is CCN(CC)c1ccc(C=Cc2cc[n+](CCC[N+](C)(C)C)cc2)cc1. The van der Waals surface area contributed by atoms with Crippen molar-refractivity contribution in [3.8, 4) is 0 Å². The monoisotopic (exact) mass is 353 g/mol. The quantitative estimate of drug-likeness (QED) is 0.486. The van der Waals surface area contributed by atoms with Gasteiger partial charge in [-0.05, 0) is 37.1 Å². The van der Waals surface area contributed by atoms with Gasteiger partial charge < -0.3 is 9.38 Å². The molecular formula is C23H35N3+2. The van der Waals surface area contributed by atoms with Gasteiger partial charge in [0.1, 0.15) is 0 Å². The number of aromatic nitrogens is 1. The molecule has 0 fully saturated rings. The smallest absolute Gasteiger partial charge is 0.169 e. The predicted molar refractivity (Wildman–Crippen MR) is 113 cm³/mol. The van der Waals surface area contributed by atoms with E-state index in [9.17, 15) is 0 Å². The molecule has 140 valence electrons. The van der Waals surface area contributed by atoms with Gasteiger partial charge in [0.15, 0.2) is 18.9 Å². The van der Waals surface area contributed by atoms with Gasteiger partial charge in [-0.1, -0.05) is 24.3 Å². The van der Waals surface area contributed by atoms with Crippen molar-refractivity contribution < 1.29 is 9.05 Å². The second kappa shape index (κ2) is 9.54. The Bertz CT molecular complexity index is 675. The number of nitrogens with zero attached hydrogens (tertiary/aromatic N) is 3. The maximum atomic E-state index is 2.36. The Morgan fingerprint density at radius 3 is 1.88 bits per heavy atom. The average Bonchev–Trinajstić information content (AvgIpc) is 2.62. The van der Waals surface area contributed by atoms with Gasteiger partial charge in [-0.2, -0.15) is 0 Å². The standard InChI is InChI=1S/C23H35N3/c1-6-25(7-2)23-13-11-21(12-14-23)9-10-22-15-18-24(19-16-22)17-8-20-26(3,4)5/h9-16,18-19H,6-8,17,20H2,1-5H3/q+2. The molecule has 1 heterocycles. The van der Waals surface area contributed by atoms with Gasteiger partial charge in [0.05, 0.1) is 34.1 Å². The number of benzene rings is 1. The highest BCUT2D eigenvalue weighted by molar-refractivity contribution is 5.70. The van der Waals surface area contributed by atoms with Crippen LogP contribution in [-0.4, -0.2) is 45.3 Å². The summed E-state index contributed by atoms with van der Waals surface area (Å²) in [6.07, 6.45) is 9.92. The second-order valence-corrected chi connectivity index (χ2v) is 7.83. The molecule has 0 unspecified atom stereocenters. The molecule has 3 heteroatoms. The first-order valence-electron chi connectivity index (χ1n) is 9.74. The molecule has 1 aromatic heterocycles. The third kappa shape index (κ3) is 6.64. The summed E-state index contributed by atoms with van der Waals surface area (Å²) < 4.78 is 3.29. The van der Waals surface area contributed by atoms with Gasteiger partial charge in [-0.3, -0.25) is 0 Å². The lowest BCUT2D eigenvalue weighted by Crippen LogP contribution is -2.39. The lowest BCUT2D eigenvalue weighted by Gasteiger charge is -2.22. The van der Waals surface area contributed by atoms with Crippen LogP contribution in [0.15, 0.2) is 48.8 Å². The van der Waals surface area contributed by atoms with Crippen molar-refractivity contribution in [3.63, 3.8) is 0 Å². The summed E-state index contributed by atoms with van der Waals surface area (Å²) in [6.45, 7) is 8.75. The van der Waals surface area contributed by atoms with Crippen LogP contribution in [0, 0.1) is 0 Å². The van der Waals surface area contributed by atoms with Crippen LogP contribution in [-0.2, 0) is 6.54 Å². The van der Waals surface area contributed by atoms with Crippen LogP contribution < -0.4 is 9.47 Å². The van der Waals surface area contributed by atoms with Crippen LogP contribution in [0.3, 0.4) is 0 Å². The van der Waals surface area contributed by atoms with Crippen molar-refractivity contribution in [2.75, 3.05) is 45.7 Å². The van der Waals surface area contributed by atoms with Crippen molar-refractivity contribution in [2.24, 2.45) is 0 Å². The molecule has 0 saturated heterocycles. The first kappa shape index (κ1) is 20.2. The molecule has 0 spiro atoms. The summed E-state index contributed by atoms with van der Waals surface area (Å²) in [6, 6.07) is 13.2. The molecule has 0 N–H and O–H groups in total. The maximum Gasteiger partial charge on any atom is 0.169 e. The van der Waals surface area contributed by atoms with Crippen LogP contribution in [0.25, 0.3) is 12.2 Å². The van der Waals surface area contributed by atoms with Crippen LogP contribution in [0.1, 0.15) is 31.4 Å². The highest BCUT2D eigenvalue weighted by atomic mass is 15.3. The highest BCUT2D eigenvalue weighted by Gasteiger charge is 2.08. The van der Waals surface area contributed by atoms with Crippen LogP contribution in [0.5, 0.6) is 0 Å². The predicted octanol–water partition coefficient (Wildman–Crippen LogP) is 4.09. The topological polar surface area (TPSA) is 7.12 Å². The van der Waals surface area contributed by atoms with Crippen molar-refractivity contribution in [1.29, 1.82) is 0 Å². The highest BCUT2D eigenvalue weighted by Crippen LogP contribution is 2.16. The Hall–Kier alpha value is -2.13. The third-order valence-electron chi connectivity index (χ3n) is 4.65. The number of hydrogen-bond donors (Lipinski definition) is 0. The first-order valence-corrected chi connectivity index (χ1v) is 9.74. The Kier molecular flexibility index (Phi) is 7.40. The number of rotatable bonds is 9. The fraction of sp³-hybridized carbons (Fsp3) is 0.435. The van der Waals surface area contributed by atoms with Gasteiger partial charge in [-0.25, -0.2) is 4.57 Å². The molecule has 1 aromatic carbocycles. The largest absolute Gasteiger partial charge is 0.372 e. The summed E-state index contributed by atoms with van der Waals surface area (Å²) in [4.78, 5) is 2.36. The molecular weight excluding hydrogens is 318 g/mol. The van der Waals surface area contributed by atoms with Gasteiger partial charge in [-0.15, -0.1) is 0 Å². The number of quaternary nitrogens is 1. The van der Waals surface area contributed by atoms with E-state index in [-0.39, 0.29) is 0 Å². The minimum Gasteiger partial charge on any atom is -0.372 e. The summed E-state index contributed by atoms with van der Waals surface area (Å²) in [5.41, 5.74) is 3.77. The van der Waals surface area contributed by atoms with Crippen molar-refractivity contribution in [1.82, 2.24) is 0 Å². The maximum absolute atomic E-state index is 2.36. The molecule has 0 aliphatic carbocycles. The van der Waals surface area contributed by atoms with Crippen LogP contribution in [0.4, 0.5) is 5.69 Å². The van der Waals surface area contributed by atoms with Gasteiger partial charge in [0.25, 0.3) is 0 Å². The van der Waals surface area contributed by atoms with Gasteiger partial charge in [0, 0.05) is 30.9 Å². The molecule has 3 nitrogen and oxygen atoms in total. The van der Waals surface area contributed by atoms with E-state index < -0.39 is 0 Å². The lowest BCUT2D eigenvalue weighted by molar-refractivity contribution is -0.873. The molecule has 0 radical (unpaired) electrons. The Balaban J connectivity index is 1.91. The number of aryl methyl sites for hydroxylation is 1. The molecule has 0 aliphatic heterocycles. The zero-order valence-electron chi connectivity index (χ0n) is 17.2. The van der Waals surface area contributed by atoms with Crippen molar-refractivity contribution >= 4 is 17.8 Å². The molecule has 0 saturated carbocycles. The van der Waals surface area contributed by atoms with E-state index in [2.05, 4.69) is 105 Å². The minimum atomic E-state index is 1.02. The van der Waals surface area contributed by atoms with Crippen molar-refractivity contribution in [3.05, 3.63) is 59.9 Å². The summed E-state index contributed by atoms with van der Waals surface area (Å²) >= 11 is 0. The van der Waals surface area contributed by atoms with E-state index in [0.717, 1.165) is 24.1 Å². The molecule has 2 rings (SSSR count). The number of pyridine rings is 1. The minimum absolute atomic E-state index is 1.02. The second-order valence-electron chi connectivity index (χ2n) is 7.83. The summed E-state index contributed by atoms with van der Waals surface area (Å²) in [7, 11) is 6.73. The number of hydrogen-bond acceptors (Lipinski definition) is 1.